The average molecular weight is 808 g/mol. The van der Waals surface area contributed by atoms with Gasteiger partial charge < -0.3 is 18.9 Å². The molecule has 6 heteroatoms. The fourth-order valence-electron chi connectivity index (χ4n) is 9.86. The van der Waals surface area contributed by atoms with Crippen molar-refractivity contribution in [1.82, 2.24) is 14.5 Å². The molecule has 1 N–H and O–H groups in total. The molecule has 12 aromatic rings. The van der Waals surface area contributed by atoms with Crippen molar-refractivity contribution in [1.29, 1.82) is 0 Å². The molecule has 1 unspecified atom stereocenters. The summed E-state index contributed by atoms with van der Waals surface area (Å²) in [6.07, 6.45) is -0.415. The lowest BCUT2D eigenvalue weighted by molar-refractivity contribution is 0.655. The molecule has 0 aliphatic carbocycles. The maximum absolute atomic E-state index is 6.35. The van der Waals surface area contributed by atoms with E-state index in [0.717, 1.165) is 66.9 Å². The predicted octanol–water partition coefficient (Wildman–Crippen LogP) is 13.9. The van der Waals surface area contributed by atoms with Crippen LogP contribution in [0.5, 0.6) is 0 Å². The Bertz CT molecular complexity index is 3830. The summed E-state index contributed by atoms with van der Waals surface area (Å²) in [6.45, 7) is 0. The molecule has 0 radical (unpaired) electrons. The molecule has 0 spiro atoms. The number of hydrogen-bond acceptors (Lipinski definition) is 4. The maximum Gasteiger partial charge on any atom is 0.161 e. The van der Waals surface area contributed by atoms with Crippen LogP contribution in [0.15, 0.2) is 227 Å². The molecule has 0 amide bonds. The Balaban J connectivity index is 1.02. The van der Waals surface area contributed by atoms with Crippen molar-refractivity contribution in [2.75, 3.05) is 0 Å². The van der Waals surface area contributed by atoms with Gasteiger partial charge in [-0.3, -0.25) is 0 Å². The molecule has 13 rings (SSSR count). The van der Waals surface area contributed by atoms with E-state index >= 15 is 0 Å². The van der Waals surface area contributed by atoms with Gasteiger partial charge in [0.05, 0.1) is 27.8 Å². The number of nitrogens with zero attached hydrogens (tertiary/aromatic N) is 4. The van der Waals surface area contributed by atoms with Crippen LogP contribution in [-0.4, -0.2) is 20.8 Å². The van der Waals surface area contributed by atoms with E-state index in [0.29, 0.717) is 5.84 Å². The lowest BCUT2D eigenvalue weighted by Crippen LogP contribution is -2.33. The van der Waals surface area contributed by atoms with Gasteiger partial charge in [-0.15, -0.1) is 0 Å². The fourth-order valence-corrected chi connectivity index (χ4v) is 9.86. The Morgan fingerprint density at radius 2 is 0.984 bits per heavy atom. The number of para-hydroxylation sites is 5. The van der Waals surface area contributed by atoms with Crippen LogP contribution in [0.3, 0.4) is 0 Å². The topological polar surface area (TPSA) is 59.8 Å². The largest absolute Gasteiger partial charge is 0.456 e. The second kappa shape index (κ2) is 14.0. The van der Waals surface area contributed by atoms with E-state index in [2.05, 4.69) is 196 Å². The summed E-state index contributed by atoms with van der Waals surface area (Å²) in [4.78, 5) is 10.7. The third-order valence-electron chi connectivity index (χ3n) is 12.6. The van der Waals surface area contributed by atoms with Crippen molar-refractivity contribution in [2.45, 2.75) is 6.17 Å². The zero-order valence-corrected chi connectivity index (χ0v) is 34.0. The van der Waals surface area contributed by atoms with E-state index in [1.807, 2.05) is 30.3 Å². The maximum atomic E-state index is 6.35. The van der Waals surface area contributed by atoms with E-state index in [4.69, 9.17) is 14.4 Å². The van der Waals surface area contributed by atoms with Crippen LogP contribution in [0.1, 0.15) is 22.9 Å². The lowest BCUT2D eigenvalue weighted by Gasteiger charge is -2.24. The van der Waals surface area contributed by atoms with Gasteiger partial charge in [-0.25, -0.2) is 9.98 Å². The smallest absolute Gasteiger partial charge is 0.161 e. The number of furan rings is 1. The average Bonchev–Trinajstić information content (AvgIpc) is 4.02. The van der Waals surface area contributed by atoms with Crippen molar-refractivity contribution in [2.24, 2.45) is 9.98 Å². The molecule has 9 aromatic carbocycles. The predicted molar refractivity (Wildman–Crippen MR) is 260 cm³/mol. The normalized spacial score (nSPS) is 14.2. The number of nitrogens with one attached hydrogen (secondary N) is 1. The van der Waals surface area contributed by atoms with Crippen molar-refractivity contribution >= 4 is 77.2 Å². The second-order valence-corrected chi connectivity index (χ2v) is 16.1. The summed E-state index contributed by atoms with van der Waals surface area (Å²) < 4.78 is 11.1. The molecule has 1 atom stereocenters. The van der Waals surface area contributed by atoms with Gasteiger partial charge in [0.1, 0.15) is 23.2 Å². The second-order valence-electron chi connectivity index (χ2n) is 16.1. The van der Waals surface area contributed by atoms with Gasteiger partial charge >= 0.3 is 0 Å². The molecule has 1 aliphatic rings. The van der Waals surface area contributed by atoms with Gasteiger partial charge in [-0.1, -0.05) is 152 Å². The SMILES string of the molecule is c1ccc(C2=NC(c3ccccc3-n3c4ccccc4c4c(-c5cccc6c5c5ccccc5n6-c5ccccc5)cccc43)=NC(c3ccc4c(c3)oc3ccccc34)N2)cc1. The fraction of sp³-hybridized carbons (Fsp3) is 0.0175. The summed E-state index contributed by atoms with van der Waals surface area (Å²) in [5.74, 6) is 1.41. The zero-order chi connectivity index (χ0) is 41.4. The number of hydrogen-bond donors (Lipinski definition) is 1. The molecule has 1 aliphatic heterocycles. The van der Waals surface area contributed by atoms with Crippen molar-refractivity contribution < 1.29 is 4.42 Å². The first-order valence-corrected chi connectivity index (χ1v) is 21.4. The van der Waals surface area contributed by atoms with Crippen LogP contribution >= 0.6 is 0 Å². The van der Waals surface area contributed by atoms with Gasteiger partial charge in [0.15, 0.2) is 5.84 Å². The van der Waals surface area contributed by atoms with Gasteiger partial charge in [0.25, 0.3) is 0 Å². The van der Waals surface area contributed by atoms with Gasteiger partial charge in [0.2, 0.25) is 0 Å². The molecule has 3 aromatic heterocycles. The first-order chi connectivity index (χ1) is 31.3. The van der Waals surface area contributed by atoms with E-state index in [1.54, 1.807) is 0 Å². The van der Waals surface area contributed by atoms with Crippen LogP contribution in [0, 0.1) is 0 Å². The van der Waals surface area contributed by atoms with E-state index in [1.165, 1.54) is 43.7 Å². The standard InChI is InChI=1S/C57H37N5O/c1-3-17-36(18-4-1)55-58-56(37-33-34-40-39-21-10-14-32-51(39)63-52(40)35-37)60-57(59-55)45-24-9-13-29-48(45)62-47-28-12-8-23-44(47)54-42(26-16-31-50(54)62)41-25-15-30-49-53(41)43-22-7-11-27-46(43)61(49)38-19-5-2-6-20-38/h1-35,56H,(H,58,59,60). The molecule has 0 bridgehead atoms. The van der Waals surface area contributed by atoms with E-state index < -0.39 is 6.17 Å². The van der Waals surface area contributed by atoms with Crippen LogP contribution in [-0.2, 0) is 0 Å². The summed E-state index contributed by atoms with van der Waals surface area (Å²) in [5, 5.41) is 10.7. The number of amidine groups is 2. The van der Waals surface area contributed by atoms with Crippen LogP contribution in [0.2, 0.25) is 0 Å². The Hall–Kier alpha value is -8.48. The molecule has 4 heterocycles. The quantitative estimate of drug-likeness (QED) is 0.182. The first-order valence-electron chi connectivity index (χ1n) is 21.4. The highest BCUT2D eigenvalue weighted by Gasteiger charge is 2.26. The number of rotatable bonds is 6. The highest BCUT2D eigenvalue weighted by atomic mass is 16.3. The monoisotopic (exact) mass is 807 g/mol. The Kier molecular flexibility index (Phi) is 7.87. The number of aliphatic imine (C=N–C) groups is 2. The lowest BCUT2D eigenvalue weighted by atomic mass is 9.95. The minimum atomic E-state index is -0.415. The highest BCUT2D eigenvalue weighted by molar-refractivity contribution is 6.23. The molecule has 6 nitrogen and oxygen atoms in total. The summed E-state index contributed by atoms with van der Waals surface area (Å²) in [6, 6.07) is 75.1. The van der Waals surface area contributed by atoms with Crippen molar-refractivity contribution in [3.8, 4) is 22.5 Å². The third-order valence-corrected chi connectivity index (χ3v) is 12.6. The minimum Gasteiger partial charge on any atom is -0.456 e. The minimum absolute atomic E-state index is 0.415. The Morgan fingerprint density at radius 3 is 1.73 bits per heavy atom. The van der Waals surface area contributed by atoms with E-state index in [-0.39, 0.29) is 0 Å². The molecule has 296 valence electrons. The Morgan fingerprint density at radius 1 is 0.429 bits per heavy atom. The summed E-state index contributed by atoms with van der Waals surface area (Å²) in [5.41, 5.74) is 13.7. The highest BCUT2D eigenvalue weighted by Crippen LogP contribution is 2.44. The van der Waals surface area contributed by atoms with Crippen LogP contribution < -0.4 is 5.32 Å². The molecular formula is C57H37N5O. The molecule has 0 saturated carbocycles. The van der Waals surface area contributed by atoms with Crippen molar-refractivity contribution in [3.63, 3.8) is 0 Å². The summed E-state index contributed by atoms with van der Waals surface area (Å²) >= 11 is 0. The van der Waals surface area contributed by atoms with Gasteiger partial charge in [-0.05, 0) is 71.8 Å². The Labute approximate surface area is 362 Å². The zero-order valence-electron chi connectivity index (χ0n) is 34.0. The van der Waals surface area contributed by atoms with Crippen LogP contribution in [0.4, 0.5) is 0 Å². The van der Waals surface area contributed by atoms with E-state index in [9.17, 15) is 0 Å². The third kappa shape index (κ3) is 5.51. The number of aromatic nitrogens is 2. The number of benzene rings is 9. The molecule has 63 heavy (non-hydrogen) atoms. The summed E-state index contributed by atoms with van der Waals surface area (Å²) in [7, 11) is 0. The van der Waals surface area contributed by atoms with Crippen molar-refractivity contribution in [3.05, 3.63) is 229 Å². The molecule has 0 saturated heterocycles. The van der Waals surface area contributed by atoms with Gasteiger partial charge in [-0.2, -0.15) is 0 Å². The van der Waals surface area contributed by atoms with Gasteiger partial charge in [0, 0.05) is 54.7 Å². The first kappa shape index (κ1) is 35.3. The van der Waals surface area contributed by atoms with Crippen LogP contribution in [0.25, 0.3) is 88.1 Å². The molecular weight excluding hydrogens is 771 g/mol. The molecule has 0 fully saturated rings. The number of fused-ring (bicyclic) bond motifs is 9.